The molecule has 3 nitrogen and oxygen atoms in total. The van der Waals surface area contributed by atoms with Gasteiger partial charge in [-0.2, -0.15) is 0 Å². The van der Waals surface area contributed by atoms with Crippen molar-refractivity contribution in [2.75, 3.05) is 0 Å². The van der Waals surface area contributed by atoms with Gasteiger partial charge < -0.3 is 0 Å². The summed E-state index contributed by atoms with van der Waals surface area (Å²) >= 11 is 0. The quantitative estimate of drug-likeness (QED) is 0.475. The van der Waals surface area contributed by atoms with Crippen LogP contribution in [-0.4, -0.2) is 11.8 Å². The molecule has 1 aromatic rings. The third-order valence-electron chi connectivity index (χ3n) is 2.67. The minimum atomic E-state index is -0.294. The summed E-state index contributed by atoms with van der Waals surface area (Å²) in [5.74, 6) is -0.580. The first-order valence-electron chi connectivity index (χ1n) is 5.32. The van der Waals surface area contributed by atoms with Gasteiger partial charge >= 0.3 is 0 Å². The lowest BCUT2D eigenvalue weighted by molar-refractivity contribution is 0.0879. The first kappa shape index (κ1) is 10.6. The summed E-state index contributed by atoms with van der Waals surface area (Å²) in [4.78, 5) is 22.7. The van der Waals surface area contributed by atoms with E-state index in [-0.39, 0.29) is 11.8 Å². The van der Waals surface area contributed by atoms with E-state index in [9.17, 15) is 9.59 Å². The first-order chi connectivity index (χ1) is 7.72. The summed E-state index contributed by atoms with van der Waals surface area (Å²) < 4.78 is 0. The van der Waals surface area contributed by atoms with Crippen molar-refractivity contribution >= 4 is 11.8 Å². The number of hydrogen-bond acceptors (Lipinski definition) is 2. The van der Waals surface area contributed by atoms with E-state index in [4.69, 9.17) is 0 Å². The fraction of sp³-hybridized carbons (Fsp3) is 0.231. The highest BCUT2D eigenvalue weighted by atomic mass is 16.2. The highest BCUT2D eigenvalue weighted by Gasteiger charge is 2.26. The van der Waals surface area contributed by atoms with Crippen molar-refractivity contribution in [3.8, 4) is 0 Å². The molecule has 0 aromatic heterocycles. The second kappa shape index (κ2) is 4.31. The summed E-state index contributed by atoms with van der Waals surface area (Å²) in [7, 11) is 0. The van der Waals surface area contributed by atoms with Crippen molar-refractivity contribution in [3.63, 3.8) is 0 Å². The van der Waals surface area contributed by atoms with Crippen molar-refractivity contribution in [1.29, 1.82) is 0 Å². The Bertz CT molecular complexity index is 463. The van der Waals surface area contributed by atoms with E-state index in [1.54, 1.807) is 12.1 Å². The first-order valence-corrected chi connectivity index (χ1v) is 5.32. The molecule has 82 valence electrons. The van der Waals surface area contributed by atoms with Gasteiger partial charge in [-0.3, -0.25) is 14.9 Å². The van der Waals surface area contributed by atoms with Gasteiger partial charge in [0.25, 0.3) is 11.8 Å². The van der Waals surface area contributed by atoms with Gasteiger partial charge in [-0.05, 0) is 37.0 Å². The van der Waals surface area contributed by atoms with Gasteiger partial charge in [0.1, 0.15) is 0 Å². The molecule has 0 unspecified atom stereocenters. The Hall–Kier alpha value is -1.90. The van der Waals surface area contributed by atoms with Crippen LogP contribution in [0.1, 0.15) is 39.1 Å². The summed E-state index contributed by atoms with van der Waals surface area (Å²) in [6.07, 6.45) is 4.75. The maximum absolute atomic E-state index is 11.4. The standard InChI is InChI=1S/C13H13NO2/c1-2-3-4-5-9-6-7-10-11(8-9)13(16)14-12(10)15/h2,6-8H,1,3-5H2,(H,14,15,16). The minimum Gasteiger partial charge on any atom is -0.288 e. The number of fused-ring (bicyclic) bond motifs is 1. The smallest absolute Gasteiger partial charge is 0.258 e. The number of amides is 2. The number of carbonyl (C=O) groups excluding carboxylic acids is 2. The Balaban J connectivity index is 2.19. The summed E-state index contributed by atoms with van der Waals surface area (Å²) in [5.41, 5.74) is 2.07. The zero-order chi connectivity index (χ0) is 11.5. The van der Waals surface area contributed by atoms with Crippen LogP contribution in [0.5, 0.6) is 0 Å². The van der Waals surface area contributed by atoms with Crippen LogP contribution in [0.25, 0.3) is 0 Å². The number of aryl methyl sites for hydroxylation is 1. The fourth-order valence-corrected chi connectivity index (χ4v) is 1.82. The summed E-state index contributed by atoms with van der Waals surface area (Å²) in [6, 6.07) is 5.43. The lowest BCUT2D eigenvalue weighted by Crippen LogP contribution is -2.19. The maximum Gasteiger partial charge on any atom is 0.258 e. The molecular formula is C13H13NO2. The van der Waals surface area contributed by atoms with Crippen LogP contribution >= 0.6 is 0 Å². The molecule has 0 aliphatic carbocycles. The minimum absolute atomic E-state index is 0.287. The van der Waals surface area contributed by atoms with E-state index >= 15 is 0 Å². The molecule has 0 fully saturated rings. The Labute approximate surface area is 94.2 Å². The third kappa shape index (κ3) is 1.89. The summed E-state index contributed by atoms with van der Waals surface area (Å²) in [5, 5.41) is 2.28. The SMILES string of the molecule is C=CCCCc1ccc2c(c1)C(=O)NC2=O. The van der Waals surface area contributed by atoms with Gasteiger partial charge in [0, 0.05) is 0 Å². The molecule has 0 saturated heterocycles. The van der Waals surface area contributed by atoms with Crippen LogP contribution in [-0.2, 0) is 6.42 Å². The molecule has 2 amide bonds. The summed E-state index contributed by atoms with van der Waals surface area (Å²) in [6.45, 7) is 3.66. The predicted molar refractivity (Wildman–Crippen MR) is 61.4 cm³/mol. The second-order valence-corrected chi connectivity index (χ2v) is 3.84. The van der Waals surface area contributed by atoms with E-state index in [0.29, 0.717) is 11.1 Å². The Kier molecular flexibility index (Phi) is 2.86. The lowest BCUT2D eigenvalue weighted by atomic mass is 10.0. The predicted octanol–water partition coefficient (Wildman–Crippen LogP) is 2.08. The van der Waals surface area contributed by atoms with Crippen molar-refractivity contribution in [3.05, 3.63) is 47.5 Å². The van der Waals surface area contributed by atoms with Crippen molar-refractivity contribution in [2.45, 2.75) is 19.3 Å². The van der Waals surface area contributed by atoms with E-state index in [0.717, 1.165) is 24.8 Å². The van der Waals surface area contributed by atoms with Crippen LogP contribution in [0.3, 0.4) is 0 Å². The zero-order valence-electron chi connectivity index (χ0n) is 8.95. The van der Waals surface area contributed by atoms with Crippen LogP contribution in [0, 0.1) is 0 Å². The zero-order valence-corrected chi connectivity index (χ0v) is 8.95. The Morgan fingerprint density at radius 3 is 2.69 bits per heavy atom. The maximum atomic E-state index is 11.4. The number of allylic oxidation sites excluding steroid dienone is 1. The number of hydrogen-bond donors (Lipinski definition) is 1. The van der Waals surface area contributed by atoms with Gasteiger partial charge in [-0.15, -0.1) is 6.58 Å². The van der Waals surface area contributed by atoms with Crippen LogP contribution in [0.4, 0.5) is 0 Å². The molecule has 2 rings (SSSR count). The number of carbonyl (C=O) groups is 2. The van der Waals surface area contributed by atoms with Gasteiger partial charge in [0.15, 0.2) is 0 Å². The number of unbranched alkanes of at least 4 members (excludes halogenated alkanes) is 1. The average Bonchev–Trinajstić information content (AvgIpc) is 2.55. The monoisotopic (exact) mass is 215 g/mol. The molecule has 0 radical (unpaired) electrons. The van der Waals surface area contributed by atoms with Crippen molar-refractivity contribution < 1.29 is 9.59 Å². The Morgan fingerprint density at radius 2 is 1.94 bits per heavy atom. The van der Waals surface area contributed by atoms with Gasteiger partial charge in [-0.25, -0.2) is 0 Å². The number of nitrogens with one attached hydrogen (secondary N) is 1. The van der Waals surface area contributed by atoms with Crippen LogP contribution in [0.2, 0.25) is 0 Å². The molecule has 3 heteroatoms. The van der Waals surface area contributed by atoms with Crippen molar-refractivity contribution in [1.82, 2.24) is 5.32 Å². The van der Waals surface area contributed by atoms with Crippen LogP contribution in [0.15, 0.2) is 30.9 Å². The molecular weight excluding hydrogens is 202 g/mol. The van der Waals surface area contributed by atoms with Gasteiger partial charge in [0.2, 0.25) is 0 Å². The molecule has 1 N–H and O–H groups in total. The molecule has 1 aliphatic heterocycles. The largest absolute Gasteiger partial charge is 0.288 e. The molecule has 1 heterocycles. The van der Waals surface area contributed by atoms with E-state index in [2.05, 4.69) is 11.9 Å². The second-order valence-electron chi connectivity index (χ2n) is 3.84. The fourth-order valence-electron chi connectivity index (χ4n) is 1.82. The van der Waals surface area contributed by atoms with Crippen LogP contribution < -0.4 is 5.32 Å². The molecule has 1 aliphatic rings. The topological polar surface area (TPSA) is 46.2 Å². The number of rotatable bonds is 4. The number of benzene rings is 1. The van der Waals surface area contributed by atoms with Crippen molar-refractivity contribution in [2.24, 2.45) is 0 Å². The Morgan fingerprint density at radius 1 is 1.19 bits per heavy atom. The van der Waals surface area contributed by atoms with E-state index in [1.165, 1.54) is 0 Å². The van der Waals surface area contributed by atoms with Gasteiger partial charge in [0.05, 0.1) is 11.1 Å². The van der Waals surface area contributed by atoms with E-state index in [1.807, 2.05) is 12.1 Å². The molecule has 0 bridgehead atoms. The average molecular weight is 215 g/mol. The lowest BCUT2D eigenvalue weighted by Gasteiger charge is -2.01. The molecule has 0 atom stereocenters. The molecule has 0 spiro atoms. The highest BCUT2D eigenvalue weighted by molar-refractivity contribution is 6.21. The van der Waals surface area contributed by atoms with E-state index < -0.39 is 0 Å². The molecule has 0 saturated carbocycles. The number of imide groups is 1. The highest BCUT2D eigenvalue weighted by Crippen LogP contribution is 2.18. The third-order valence-corrected chi connectivity index (χ3v) is 2.67. The van der Waals surface area contributed by atoms with Gasteiger partial charge in [-0.1, -0.05) is 12.1 Å². The normalized spacial score (nSPS) is 13.5. The molecule has 16 heavy (non-hydrogen) atoms. The molecule has 1 aromatic carbocycles.